The Morgan fingerprint density at radius 1 is 1.22 bits per heavy atom. The maximum absolute atomic E-state index is 8.25. The van der Waals surface area contributed by atoms with Gasteiger partial charge >= 0.3 is 75.5 Å². The number of rotatable bonds is 0. The Labute approximate surface area is 109 Å². The van der Waals surface area contributed by atoms with Gasteiger partial charge in [0.25, 0.3) is 0 Å². The van der Waals surface area contributed by atoms with Crippen molar-refractivity contribution in [3.05, 3.63) is 25.4 Å². The Morgan fingerprint density at radius 2 is 1.22 bits per heavy atom. The standard InChI is InChI=1S/2Ca.NO3.HNO2/c;;2-1(3)4;2-1-3/h;;;(H,2,3)/q2*+2;-1;/p-1. The molecule has 7 nitrogen and oxygen atoms in total. The van der Waals surface area contributed by atoms with Gasteiger partial charge in [-0.2, -0.15) is 0 Å². The van der Waals surface area contributed by atoms with Gasteiger partial charge in [0.15, 0.2) is 0 Å². The van der Waals surface area contributed by atoms with Crippen LogP contribution in [0.3, 0.4) is 0 Å². The SMILES string of the molecule is O=N[O-].O=[N+]([O-])[O-].[Ca+2].[Ca+2]. The van der Waals surface area contributed by atoms with E-state index < -0.39 is 5.09 Å². The summed E-state index contributed by atoms with van der Waals surface area (Å²) in [5, 5.41) is 23.8. The molecule has 0 saturated heterocycles. The minimum Gasteiger partial charge on any atom is -0.444 e. The van der Waals surface area contributed by atoms with Crippen LogP contribution in [-0.4, -0.2) is 80.6 Å². The summed E-state index contributed by atoms with van der Waals surface area (Å²) in [6.07, 6.45) is 0. The van der Waals surface area contributed by atoms with Crippen molar-refractivity contribution >= 4 is 75.5 Å². The van der Waals surface area contributed by atoms with Crippen molar-refractivity contribution in [1.29, 1.82) is 0 Å². The van der Waals surface area contributed by atoms with E-state index in [2.05, 4.69) is 0 Å². The molecule has 0 radical (unpaired) electrons. The Balaban J connectivity index is -0.0000000233. The fraction of sp³-hybridized carbons (Fsp3) is 0. The first-order chi connectivity index (χ1) is 3.15. The predicted molar refractivity (Wildman–Crippen MR) is 31.0 cm³/mol. The van der Waals surface area contributed by atoms with Crippen molar-refractivity contribution in [2.75, 3.05) is 0 Å². The molecule has 0 aromatic heterocycles. The van der Waals surface area contributed by atoms with Gasteiger partial charge in [-0.05, 0) is 0 Å². The number of hydrogen-bond acceptors (Lipinski definition) is 6. The average Bonchev–Trinajstić information content (AvgIpc) is 1.33. The van der Waals surface area contributed by atoms with E-state index in [0.29, 0.717) is 0 Å². The van der Waals surface area contributed by atoms with Crippen LogP contribution in [-0.2, 0) is 0 Å². The first-order valence-corrected chi connectivity index (χ1v) is 0.913. The molecular formula is Ca2N2O5+2. The molecule has 0 aromatic carbocycles. The Kier molecular flexibility index (Phi) is 57.3. The topological polar surface area (TPSA) is 119 Å². The molecule has 0 fully saturated rings. The van der Waals surface area contributed by atoms with Crippen molar-refractivity contribution in [2.24, 2.45) is 5.34 Å². The third-order valence-electron chi connectivity index (χ3n) is 0. The van der Waals surface area contributed by atoms with Gasteiger partial charge in [-0.1, -0.05) is 0 Å². The van der Waals surface area contributed by atoms with Gasteiger partial charge < -0.3 is 25.4 Å². The summed E-state index contributed by atoms with van der Waals surface area (Å²) in [5.41, 5.74) is 0. The molecule has 0 aliphatic rings. The smallest absolute Gasteiger partial charge is 0.444 e. The summed E-state index contributed by atoms with van der Waals surface area (Å²) in [7, 11) is 0. The summed E-state index contributed by atoms with van der Waals surface area (Å²) < 4.78 is 0. The number of hydrogen-bond donors (Lipinski definition) is 0. The van der Waals surface area contributed by atoms with E-state index >= 15 is 0 Å². The molecule has 0 unspecified atom stereocenters. The average molecular weight is 188 g/mol. The van der Waals surface area contributed by atoms with Crippen LogP contribution in [0.5, 0.6) is 0 Å². The fourth-order valence-corrected chi connectivity index (χ4v) is 0. The fourth-order valence-electron chi connectivity index (χ4n) is 0. The first-order valence-electron chi connectivity index (χ1n) is 0.913. The Bertz CT molecular complexity index is 60.0. The molecule has 0 amide bonds. The molecule has 0 aliphatic heterocycles. The zero-order chi connectivity index (χ0) is 6.28. The van der Waals surface area contributed by atoms with Gasteiger partial charge in [-0.3, -0.25) is 0 Å². The summed E-state index contributed by atoms with van der Waals surface area (Å²) >= 11 is 0. The third kappa shape index (κ3) is 369. The summed E-state index contributed by atoms with van der Waals surface area (Å²) in [6, 6.07) is 0. The molecule has 0 aromatic rings. The molecule has 0 atom stereocenters. The van der Waals surface area contributed by atoms with Crippen molar-refractivity contribution in [3.8, 4) is 0 Å². The van der Waals surface area contributed by atoms with E-state index in [9.17, 15) is 0 Å². The van der Waals surface area contributed by atoms with Crippen molar-refractivity contribution in [1.82, 2.24) is 0 Å². The maximum atomic E-state index is 8.25. The van der Waals surface area contributed by atoms with Crippen LogP contribution in [0.1, 0.15) is 0 Å². The normalized spacial score (nSPS) is 4.00. The summed E-state index contributed by atoms with van der Waals surface area (Å²) in [5.74, 6) is 0. The van der Waals surface area contributed by atoms with Crippen molar-refractivity contribution in [3.63, 3.8) is 0 Å². The second kappa shape index (κ2) is 22.9. The molecule has 9 heavy (non-hydrogen) atoms. The minimum atomic E-state index is -1.75. The Morgan fingerprint density at radius 3 is 1.22 bits per heavy atom. The molecule has 0 spiro atoms. The van der Waals surface area contributed by atoms with Crippen molar-refractivity contribution < 1.29 is 5.09 Å². The van der Waals surface area contributed by atoms with Gasteiger partial charge in [0.05, 0.1) is 5.09 Å². The predicted octanol–water partition coefficient (Wildman–Crippen LogP) is -0.750. The van der Waals surface area contributed by atoms with E-state index in [1.807, 2.05) is 0 Å². The molecule has 0 saturated carbocycles. The van der Waals surface area contributed by atoms with Crippen molar-refractivity contribution in [2.45, 2.75) is 0 Å². The molecule has 0 N–H and O–H groups in total. The van der Waals surface area contributed by atoms with Crippen LogP contribution < -0.4 is 0 Å². The van der Waals surface area contributed by atoms with E-state index in [4.69, 9.17) is 25.4 Å². The molecule has 0 rings (SSSR count). The number of nitrogens with zero attached hydrogens (tertiary/aromatic N) is 2. The van der Waals surface area contributed by atoms with Gasteiger partial charge in [0.2, 0.25) is 0 Å². The second-order valence-corrected chi connectivity index (χ2v) is 0.298. The van der Waals surface area contributed by atoms with Gasteiger partial charge in [-0.25, -0.2) is 0 Å². The van der Waals surface area contributed by atoms with Gasteiger partial charge in [-0.15, -0.1) is 5.34 Å². The maximum Gasteiger partial charge on any atom is 2.00 e. The Hall–Kier alpha value is 1.12. The van der Waals surface area contributed by atoms with Crippen LogP contribution in [0.25, 0.3) is 0 Å². The third-order valence-corrected chi connectivity index (χ3v) is 0. The van der Waals surface area contributed by atoms with E-state index in [0.717, 1.165) is 5.34 Å². The van der Waals surface area contributed by atoms with Crippen LogP contribution in [0.2, 0.25) is 0 Å². The molecular weight excluding hydrogens is 188 g/mol. The van der Waals surface area contributed by atoms with Gasteiger partial charge in [0, 0.05) is 0 Å². The van der Waals surface area contributed by atoms with Crippen LogP contribution in [0.4, 0.5) is 0 Å². The molecule has 0 aliphatic carbocycles. The van der Waals surface area contributed by atoms with Crippen LogP contribution in [0.15, 0.2) is 5.34 Å². The molecule has 42 valence electrons. The van der Waals surface area contributed by atoms with Gasteiger partial charge in [0.1, 0.15) is 0 Å². The van der Waals surface area contributed by atoms with E-state index in [1.165, 1.54) is 0 Å². The minimum absolute atomic E-state index is 0. The van der Waals surface area contributed by atoms with E-state index in [1.54, 1.807) is 0 Å². The van der Waals surface area contributed by atoms with Crippen LogP contribution in [0, 0.1) is 25.4 Å². The monoisotopic (exact) mass is 188 g/mol. The zero-order valence-corrected chi connectivity index (χ0v) is 8.77. The zero-order valence-electron chi connectivity index (χ0n) is 4.35. The molecule has 9 heteroatoms. The largest absolute Gasteiger partial charge is 2.00 e. The quantitative estimate of drug-likeness (QED) is 0.214. The molecule has 0 heterocycles. The first kappa shape index (κ1) is 22.5. The summed E-state index contributed by atoms with van der Waals surface area (Å²) in [6.45, 7) is 0. The van der Waals surface area contributed by atoms with E-state index in [-0.39, 0.29) is 75.5 Å². The van der Waals surface area contributed by atoms with Crippen LogP contribution >= 0.6 is 0 Å². The molecule has 0 bridgehead atoms. The second-order valence-electron chi connectivity index (χ2n) is 0.298. The summed E-state index contributed by atoms with van der Waals surface area (Å²) in [4.78, 5) is 16.2.